The van der Waals surface area contributed by atoms with Crippen molar-refractivity contribution in [3.63, 3.8) is 0 Å². The second-order valence-corrected chi connectivity index (χ2v) is 2.28. The van der Waals surface area contributed by atoms with Gasteiger partial charge in [0.2, 0.25) is 5.91 Å². The zero-order chi connectivity index (χ0) is 7.56. The lowest BCUT2D eigenvalue weighted by Crippen LogP contribution is -2.34. The van der Waals surface area contributed by atoms with Crippen molar-refractivity contribution in [1.29, 1.82) is 0 Å². The minimum absolute atomic E-state index is 0.105. The van der Waals surface area contributed by atoms with Gasteiger partial charge in [-0.1, -0.05) is 0 Å². The number of rotatable bonds is 2. The molecule has 56 valence electrons. The van der Waals surface area contributed by atoms with Crippen LogP contribution in [-0.2, 0) is 9.59 Å². The van der Waals surface area contributed by atoms with E-state index in [1.54, 1.807) is 0 Å². The van der Waals surface area contributed by atoms with Gasteiger partial charge in [-0.2, -0.15) is 0 Å². The highest BCUT2D eigenvalue weighted by Crippen LogP contribution is 2.06. The lowest BCUT2D eigenvalue weighted by atomic mass is 10.1. The molecule has 0 radical (unpaired) electrons. The molecule has 1 heterocycles. The van der Waals surface area contributed by atoms with Gasteiger partial charge in [-0.15, -0.1) is 0 Å². The first-order chi connectivity index (χ1) is 4.74. The Hall–Kier alpha value is -0.900. The van der Waals surface area contributed by atoms with Crippen LogP contribution in [0.25, 0.3) is 0 Å². The molecule has 0 unspecified atom stereocenters. The number of hydrogen-bond acceptors (Lipinski definition) is 3. The van der Waals surface area contributed by atoms with E-state index in [4.69, 9.17) is 5.11 Å². The highest BCUT2D eigenvalue weighted by Gasteiger charge is 2.25. The van der Waals surface area contributed by atoms with Gasteiger partial charge in [-0.25, -0.2) is 0 Å². The van der Waals surface area contributed by atoms with Crippen LogP contribution in [0.4, 0.5) is 0 Å². The van der Waals surface area contributed by atoms with Crippen molar-refractivity contribution in [3.05, 3.63) is 0 Å². The van der Waals surface area contributed by atoms with Gasteiger partial charge in [0.25, 0.3) is 0 Å². The molecule has 0 aromatic rings. The van der Waals surface area contributed by atoms with Gasteiger partial charge in [0, 0.05) is 6.42 Å². The summed E-state index contributed by atoms with van der Waals surface area (Å²) in [7, 11) is 0. The van der Waals surface area contributed by atoms with E-state index in [0.717, 1.165) is 0 Å². The van der Waals surface area contributed by atoms with Gasteiger partial charge >= 0.3 is 0 Å². The second-order valence-electron chi connectivity index (χ2n) is 2.28. The van der Waals surface area contributed by atoms with Gasteiger partial charge < -0.3 is 10.4 Å². The highest BCUT2D eigenvalue weighted by molar-refractivity contribution is 5.92. The maximum Gasteiger partial charge on any atom is 0.220 e. The van der Waals surface area contributed by atoms with Crippen LogP contribution in [0.1, 0.15) is 12.8 Å². The molecule has 1 amide bonds. The van der Waals surface area contributed by atoms with E-state index in [9.17, 15) is 9.59 Å². The number of carbonyl (C=O) groups is 2. The number of carbonyl (C=O) groups excluding carboxylic acids is 2. The van der Waals surface area contributed by atoms with Crippen LogP contribution in [-0.4, -0.2) is 29.4 Å². The Morgan fingerprint density at radius 1 is 1.80 bits per heavy atom. The SMILES string of the molecule is O=C1CC[C@@H](C(=O)CO)N1. The molecule has 0 saturated carbocycles. The summed E-state index contributed by atoms with van der Waals surface area (Å²) in [6.07, 6.45) is 0.925. The molecule has 0 aromatic carbocycles. The number of aliphatic hydroxyl groups is 1. The van der Waals surface area contributed by atoms with Crippen molar-refractivity contribution in [2.24, 2.45) is 0 Å². The summed E-state index contributed by atoms with van der Waals surface area (Å²) in [5.41, 5.74) is 0. The molecule has 2 N–H and O–H groups in total. The van der Waals surface area contributed by atoms with Gasteiger partial charge in [-0.3, -0.25) is 9.59 Å². The molecule has 1 rings (SSSR count). The first-order valence-corrected chi connectivity index (χ1v) is 3.17. The molecule has 1 atom stereocenters. The predicted octanol–water partition coefficient (Wildman–Crippen LogP) is -1.17. The van der Waals surface area contributed by atoms with E-state index in [1.165, 1.54) is 0 Å². The predicted molar refractivity (Wildman–Crippen MR) is 33.3 cm³/mol. The lowest BCUT2D eigenvalue weighted by molar-refractivity contribution is -0.126. The highest BCUT2D eigenvalue weighted by atomic mass is 16.3. The third-order valence-corrected chi connectivity index (χ3v) is 1.54. The zero-order valence-electron chi connectivity index (χ0n) is 5.46. The second kappa shape index (κ2) is 2.79. The smallest absolute Gasteiger partial charge is 0.220 e. The number of aliphatic hydroxyl groups excluding tert-OH is 1. The molecule has 1 fully saturated rings. The molecule has 0 bridgehead atoms. The summed E-state index contributed by atoms with van der Waals surface area (Å²) in [5.74, 6) is -0.405. The molecule has 4 nitrogen and oxygen atoms in total. The van der Waals surface area contributed by atoms with Crippen LogP contribution in [0.3, 0.4) is 0 Å². The van der Waals surface area contributed by atoms with Crippen molar-refractivity contribution < 1.29 is 14.7 Å². The van der Waals surface area contributed by atoms with Gasteiger partial charge in [-0.05, 0) is 6.42 Å². The molecular weight excluding hydrogens is 134 g/mol. The Morgan fingerprint density at radius 3 is 2.90 bits per heavy atom. The summed E-state index contributed by atoms with van der Waals surface area (Å²) in [5, 5.41) is 10.8. The minimum atomic E-state index is -0.481. The molecule has 1 aliphatic heterocycles. The van der Waals surface area contributed by atoms with Crippen LogP contribution in [0.15, 0.2) is 0 Å². The summed E-state index contributed by atoms with van der Waals surface area (Å²) in [6, 6.07) is -0.433. The third kappa shape index (κ3) is 1.33. The van der Waals surface area contributed by atoms with E-state index in [1.807, 2.05) is 0 Å². The van der Waals surface area contributed by atoms with Crippen molar-refractivity contribution in [2.75, 3.05) is 6.61 Å². The maximum absolute atomic E-state index is 10.7. The molecule has 0 aromatic heterocycles. The normalized spacial score (nSPS) is 24.5. The fourth-order valence-corrected chi connectivity index (χ4v) is 0.966. The van der Waals surface area contributed by atoms with E-state index in [-0.39, 0.29) is 11.7 Å². The zero-order valence-corrected chi connectivity index (χ0v) is 5.46. The van der Waals surface area contributed by atoms with Crippen molar-refractivity contribution >= 4 is 11.7 Å². The summed E-state index contributed by atoms with van der Waals surface area (Å²) in [6.45, 7) is -0.481. The summed E-state index contributed by atoms with van der Waals surface area (Å²) >= 11 is 0. The van der Waals surface area contributed by atoms with Crippen LogP contribution < -0.4 is 5.32 Å². The molecule has 1 saturated heterocycles. The van der Waals surface area contributed by atoms with Crippen molar-refractivity contribution in [1.82, 2.24) is 5.32 Å². The van der Waals surface area contributed by atoms with Crippen LogP contribution in [0.2, 0.25) is 0 Å². The number of amides is 1. The van der Waals surface area contributed by atoms with E-state index >= 15 is 0 Å². The molecule has 10 heavy (non-hydrogen) atoms. The van der Waals surface area contributed by atoms with Crippen molar-refractivity contribution in [2.45, 2.75) is 18.9 Å². The van der Waals surface area contributed by atoms with E-state index in [2.05, 4.69) is 5.32 Å². The first-order valence-electron chi connectivity index (χ1n) is 3.17. The van der Waals surface area contributed by atoms with Gasteiger partial charge in [0.05, 0.1) is 6.04 Å². The van der Waals surface area contributed by atoms with Gasteiger partial charge in [0.15, 0.2) is 5.78 Å². The Labute approximate surface area is 58.2 Å². The standard InChI is InChI=1S/C6H9NO3/c8-3-5(9)4-1-2-6(10)7-4/h4,8H,1-3H2,(H,7,10)/t4-/m0/s1. The summed E-state index contributed by atoms with van der Waals surface area (Å²) in [4.78, 5) is 21.2. The maximum atomic E-state index is 10.7. The molecule has 4 heteroatoms. The van der Waals surface area contributed by atoms with E-state index < -0.39 is 12.6 Å². The van der Waals surface area contributed by atoms with E-state index in [0.29, 0.717) is 12.8 Å². The van der Waals surface area contributed by atoms with Crippen LogP contribution >= 0.6 is 0 Å². The summed E-state index contributed by atoms with van der Waals surface area (Å²) < 4.78 is 0. The molecular formula is C6H9NO3. The molecule has 1 aliphatic rings. The number of ketones is 1. The largest absolute Gasteiger partial charge is 0.389 e. The Morgan fingerprint density at radius 2 is 2.50 bits per heavy atom. The van der Waals surface area contributed by atoms with Crippen LogP contribution in [0.5, 0.6) is 0 Å². The molecule has 0 aliphatic carbocycles. The number of hydrogen-bond donors (Lipinski definition) is 2. The quantitative estimate of drug-likeness (QED) is 0.511. The first kappa shape index (κ1) is 7.21. The lowest BCUT2D eigenvalue weighted by Gasteiger charge is -2.04. The monoisotopic (exact) mass is 143 g/mol. The average Bonchev–Trinajstić information content (AvgIpc) is 2.34. The number of nitrogens with one attached hydrogen (secondary N) is 1. The Balaban J connectivity index is 2.44. The Kier molecular flexibility index (Phi) is 2.01. The van der Waals surface area contributed by atoms with Gasteiger partial charge in [0.1, 0.15) is 6.61 Å². The topological polar surface area (TPSA) is 66.4 Å². The van der Waals surface area contributed by atoms with Crippen molar-refractivity contribution in [3.8, 4) is 0 Å². The minimum Gasteiger partial charge on any atom is -0.389 e. The third-order valence-electron chi connectivity index (χ3n) is 1.54. The number of Topliss-reactive ketones (excluding diaryl/α,β-unsaturated/α-hetero) is 1. The van der Waals surface area contributed by atoms with Crippen LogP contribution in [0, 0.1) is 0 Å². The fourth-order valence-electron chi connectivity index (χ4n) is 0.966. The molecule has 0 spiro atoms. The average molecular weight is 143 g/mol. The Bertz CT molecular complexity index is 166. The fraction of sp³-hybridized carbons (Fsp3) is 0.667.